The summed E-state index contributed by atoms with van der Waals surface area (Å²) in [6.45, 7) is 6.94. The second kappa shape index (κ2) is 7.72. The first-order valence-corrected chi connectivity index (χ1v) is 10.2. The van der Waals surface area contributed by atoms with Crippen molar-refractivity contribution in [2.75, 3.05) is 13.2 Å². The maximum absolute atomic E-state index is 10.6. The zero-order valence-corrected chi connectivity index (χ0v) is 15.6. The number of nitro groups is 1. The normalized spacial score (nSPS) is 12.1. The molecule has 0 spiro atoms. The maximum atomic E-state index is 10.6. The Balaban J connectivity index is 2.47. The van der Waals surface area contributed by atoms with Gasteiger partial charge in [-0.05, 0) is 15.4 Å². The molecule has 0 amide bonds. The minimum atomic E-state index is -2.54. The average molecular weight is 343 g/mol. The second-order valence-corrected chi connectivity index (χ2v) is 11.2. The SMILES string of the molecule is CC(C)(C)[Si](OCCC[N+](=O)[O-])(c1ccccc1)c1ccccc1. The third-order valence-corrected chi connectivity index (χ3v) is 9.26. The van der Waals surface area contributed by atoms with E-state index in [1.54, 1.807) is 0 Å². The molecule has 0 radical (unpaired) electrons. The van der Waals surface area contributed by atoms with Crippen LogP contribution in [0.15, 0.2) is 60.7 Å². The molecule has 0 fully saturated rings. The maximum Gasteiger partial charge on any atom is 0.261 e. The van der Waals surface area contributed by atoms with Gasteiger partial charge >= 0.3 is 0 Å². The average Bonchev–Trinajstić information content (AvgIpc) is 2.55. The first kappa shape index (κ1) is 18.4. The summed E-state index contributed by atoms with van der Waals surface area (Å²) in [5.41, 5.74) is 0. The van der Waals surface area contributed by atoms with E-state index >= 15 is 0 Å². The van der Waals surface area contributed by atoms with Gasteiger partial charge in [-0.15, -0.1) is 0 Å². The Labute approximate surface area is 144 Å². The fourth-order valence-electron chi connectivity index (χ4n) is 3.18. The summed E-state index contributed by atoms with van der Waals surface area (Å²) in [6.07, 6.45) is 0.428. The molecule has 128 valence electrons. The summed E-state index contributed by atoms with van der Waals surface area (Å²) in [6, 6.07) is 20.6. The summed E-state index contributed by atoms with van der Waals surface area (Å²) in [4.78, 5) is 10.3. The first-order valence-electron chi connectivity index (χ1n) is 8.25. The van der Waals surface area contributed by atoms with Gasteiger partial charge in [0.2, 0.25) is 6.54 Å². The summed E-state index contributed by atoms with van der Waals surface area (Å²) >= 11 is 0. The number of rotatable bonds is 7. The highest BCUT2D eigenvalue weighted by molar-refractivity contribution is 6.99. The third-order valence-electron chi connectivity index (χ3n) is 4.22. The minimum absolute atomic E-state index is 0.0573. The zero-order chi connectivity index (χ0) is 17.6. The van der Waals surface area contributed by atoms with Crippen molar-refractivity contribution in [1.29, 1.82) is 0 Å². The van der Waals surface area contributed by atoms with Crippen LogP contribution in [0.4, 0.5) is 0 Å². The van der Waals surface area contributed by atoms with Crippen LogP contribution in [0, 0.1) is 10.1 Å². The van der Waals surface area contributed by atoms with Crippen LogP contribution in [0.2, 0.25) is 5.04 Å². The van der Waals surface area contributed by atoms with E-state index in [0.717, 1.165) is 0 Å². The Morgan fingerprint density at radius 2 is 1.42 bits per heavy atom. The van der Waals surface area contributed by atoms with Crippen LogP contribution in [0.25, 0.3) is 0 Å². The summed E-state index contributed by atoms with van der Waals surface area (Å²) in [7, 11) is -2.54. The molecule has 2 rings (SSSR count). The van der Waals surface area contributed by atoms with E-state index in [-0.39, 0.29) is 16.5 Å². The van der Waals surface area contributed by atoms with Crippen molar-refractivity contribution in [3.8, 4) is 0 Å². The monoisotopic (exact) mass is 343 g/mol. The van der Waals surface area contributed by atoms with E-state index in [1.165, 1.54) is 10.4 Å². The van der Waals surface area contributed by atoms with Crippen molar-refractivity contribution in [3.63, 3.8) is 0 Å². The predicted molar refractivity (Wildman–Crippen MR) is 100 cm³/mol. The van der Waals surface area contributed by atoms with Crippen LogP contribution >= 0.6 is 0 Å². The van der Waals surface area contributed by atoms with Crippen molar-refractivity contribution >= 4 is 18.7 Å². The molecule has 2 aromatic carbocycles. The first-order chi connectivity index (χ1) is 11.4. The van der Waals surface area contributed by atoms with Gasteiger partial charge in [-0.2, -0.15) is 0 Å². The standard InChI is InChI=1S/C19H25NO3Si/c1-19(2,3)24(17-11-6-4-7-12-17,18-13-8-5-9-14-18)23-16-10-15-20(21)22/h4-9,11-14H,10,15-16H2,1-3H3. The van der Waals surface area contributed by atoms with Crippen LogP contribution in [-0.4, -0.2) is 26.4 Å². The number of nitrogens with zero attached hydrogens (tertiary/aromatic N) is 1. The third kappa shape index (κ3) is 3.91. The van der Waals surface area contributed by atoms with Gasteiger partial charge in [-0.1, -0.05) is 81.4 Å². The second-order valence-electron chi connectivity index (χ2n) is 6.92. The molecule has 0 saturated carbocycles. The van der Waals surface area contributed by atoms with Crippen molar-refractivity contribution in [2.24, 2.45) is 0 Å². The largest absolute Gasteiger partial charge is 0.407 e. The minimum Gasteiger partial charge on any atom is -0.407 e. The Bertz CT molecular complexity index is 614. The molecule has 0 atom stereocenters. The lowest BCUT2D eigenvalue weighted by atomic mass is 10.2. The van der Waals surface area contributed by atoms with E-state index in [1.807, 2.05) is 36.4 Å². The highest BCUT2D eigenvalue weighted by atomic mass is 28.4. The van der Waals surface area contributed by atoms with Crippen LogP contribution in [0.3, 0.4) is 0 Å². The topological polar surface area (TPSA) is 52.4 Å². The Morgan fingerprint density at radius 1 is 0.958 bits per heavy atom. The summed E-state index contributed by atoms with van der Waals surface area (Å²) in [5, 5.41) is 12.9. The van der Waals surface area contributed by atoms with Crippen molar-refractivity contribution < 1.29 is 9.35 Å². The molecule has 5 heteroatoms. The van der Waals surface area contributed by atoms with Gasteiger partial charge in [-0.25, -0.2) is 0 Å². The molecule has 2 aromatic rings. The molecular formula is C19H25NO3Si. The molecule has 0 aromatic heterocycles. The Morgan fingerprint density at radius 3 is 1.79 bits per heavy atom. The summed E-state index contributed by atoms with van der Waals surface area (Å²) < 4.78 is 6.55. The van der Waals surface area contributed by atoms with Gasteiger partial charge in [0.25, 0.3) is 8.32 Å². The van der Waals surface area contributed by atoms with Crippen LogP contribution in [0.1, 0.15) is 27.2 Å². The smallest absolute Gasteiger partial charge is 0.261 e. The van der Waals surface area contributed by atoms with E-state index in [9.17, 15) is 10.1 Å². The van der Waals surface area contributed by atoms with Crippen LogP contribution < -0.4 is 10.4 Å². The van der Waals surface area contributed by atoms with Gasteiger partial charge in [0.05, 0.1) is 0 Å². The molecule has 0 bridgehead atoms. The number of hydrogen-bond acceptors (Lipinski definition) is 3. The number of benzene rings is 2. The molecule has 4 nitrogen and oxygen atoms in total. The fraction of sp³-hybridized carbons (Fsp3) is 0.368. The lowest BCUT2D eigenvalue weighted by Crippen LogP contribution is -2.66. The van der Waals surface area contributed by atoms with E-state index in [4.69, 9.17) is 4.43 Å². The number of hydrogen-bond donors (Lipinski definition) is 0. The quantitative estimate of drug-likeness (QED) is 0.336. The lowest BCUT2D eigenvalue weighted by molar-refractivity contribution is -0.480. The molecule has 0 heterocycles. The van der Waals surface area contributed by atoms with E-state index < -0.39 is 8.32 Å². The van der Waals surface area contributed by atoms with E-state index in [2.05, 4.69) is 45.0 Å². The van der Waals surface area contributed by atoms with Gasteiger partial charge in [-0.3, -0.25) is 10.1 Å². The highest BCUT2D eigenvalue weighted by Gasteiger charge is 2.49. The van der Waals surface area contributed by atoms with Crippen LogP contribution in [0.5, 0.6) is 0 Å². The van der Waals surface area contributed by atoms with Crippen molar-refractivity contribution in [1.82, 2.24) is 0 Å². The van der Waals surface area contributed by atoms with Gasteiger partial charge in [0, 0.05) is 18.0 Å². The fourth-order valence-corrected chi connectivity index (χ4v) is 7.79. The van der Waals surface area contributed by atoms with Gasteiger partial charge in [0.15, 0.2) is 0 Å². The van der Waals surface area contributed by atoms with Gasteiger partial charge in [0.1, 0.15) is 0 Å². The van der Waals surface area contributed by atoms with Crippen LogP contribution in [-0.2, 0) is 4.43 Å². The van der Waals surface area contributed by atoms with Gasteiger partial charge < -0.3 is 4.43 Å². The molecule has 0 aliphatic carbocycles. The molecule has 0 aliphatic rings. The van der Waals surface area contributed by atoms with Crippen molar-refractivity contribution in [3.05, 3.63) is 70.8 Å². The Kier molecular flexibility index (Phi) is 5.91. The molecule has 24 heavy (non-hydrogen) atoms. The zero-order valence-electron chi connectivity index (χ0n) is 14.6. The summed E-state index contributed by atoms with van der Waals surface area (Å²) in [5.74, 6) is 0. The molecule has 0 unspecified atom stereocenters. The highest BCUT2D eigenvalue weighted by Crippen LogP contribution is 2.36. The molecule has 0 N–H and O–H groups in total. The molecule has 0 aliphatic heterocycles. The van der Waals surface area contributed by atoms with Crippen molar-refractivity contribution in [2.45, 2.75) is 32.2 Å². The van der Waals surface area contributed by atoms with E-state index in [0.29, 0.717) is 13.0 Å². The molecular weight excluding hydrogens is 318 g/mol. The lowest BCUT2D eigenvalue weighted by Gasteiger charge is -2.43. The Hall–Kier alpha value is -1.98. The molecule has 0 saturated heterocycles. The predicted octanol–water partition coefficient (Wildman–Crippen LogP) is 3.23.